The van der Waals surface area contributed by atoms with Crippen LogP contribution < -0.4 is 4.72 Å². The van der Waals surface area contributed by atoms with Crippen LogP contribution in [0.15, 0.2) is 52.0 Å². The van der Waals surface area contributed by atoms with Crippen molar-refractivity contribution in [1.82, 2.24) is 10.2 Å². The van der Waals surface area contributed by atoms with Crippen molar-refractivity contribution in [2.24, 2.45) is 0 Å². The molecule has 1 aromatic heterocycles. The number of hydrogen-bond donors (Lipinski definition) is 2. The molecule has 0 aliphatic heterocycles. The van der Waals surface area contributed by atoms with Gasteiger partial charge >= 0.3 is 0 Å². The van der Waals surface area contributed by atoms with E-state index in [1.54, 1.807) is 24.4 Å². The number of halogens is 2. The van der Waals surface area contributed by atoms with Crippen LogP contribution in [-0.4, -0.2) is 18.6 Å². The third-order valence-electron chi connectivity index (χ3n) is 2.89. The van der Waals surface area contributed by atoms with Crippen molar-refractivity contribution in [3.63, 3.8) is 0 Å². The summed E-state index contributed by atoms with van der Waals surface area (Å²) in [5, 5.41) is 7.41. The number of nitrogens with zero attached hydrogens (tertiary/aromatic N) is 1. The van der Waals surface area contributed by atoms with Crippen LogP contribution in [-0.2, 0) is 10.0 Å². The minimum Gasteiger partial charge on any atom is -0.280 e. The van der Waals surface area contributed by atoms with Gasteiger partial charge in [0.2, 0.25) is 0 Å². The van der Waals surface area contributed by atoms with Crippen molar-refractivity contribution in [2.45, 2.75) is 4.90 Å². The number of sulfonamides is 1. The van der Waals surface area contributed by atoms with E-state index >= 15 is 0 Å². The minimum absolute atomic E-state index is 0.143. The van der Waals surface area contributed by atoms with Crippen LogP contribution >= 0.6 is 15.9 Å². The Morgan fingerprint density at radius 1 is 1.19 bits per heavy atom. The first-order valence-electron chi connectivity index (χ1n) is 5.87. The van der Waals surface area contributed by atoms with Gasteiger partial charge in [0.15, 0.2) is 0 Å². The first-order valence-corrected chi connectivity index (χ1v) is 8.14. The smallest absolute Gasteiger partial charge is 0.261 e. The lowest BCUT2D eigenvalue weighted by Gasteiger charge is -2.08. The van der Waals surface area contributed by atoms with Gasteiger partial charge in [-0.05, 0) is 52.3 Å². The highest BCUT2D eigenvalue weighted by atomic mass is 79.9. The van der Waals surface area contributed by atoms with Crippen LogP contribution in [0.1, 0.15) is 0 Å². The number of aromatic nitrogens is 2. The van der Waals surface area contributed by atoms with Crippen LogP contribution in [0.3, 0.4) is 0 Å². The molecule has 0 fully saturated rings. The fraction of sp³-hybridized carbons (Fsp3) is 0. The molecule has 0 amide bonds. The summed E-state index contributed by atoms with van der Waals surface area (Å²) in [5.41, 5.74) is 1.18. The van der Waals surface area contributed by atoms with Gasteiger partial charge < -0.3 is 0 Å². The molecule has 21 heavy (non-hydrogen) atoms. The Labute approximate surface area is 128 Å². The number of H-pyrrole nitrogens is 1. The van der Waals surface area contributed by atoms with Crippen molar-refractivity contribution < 1.29 is 12.8 Å². The molecule has 108 valence electrons. The Morgan fingerprint density at radius 2 is 2.00 bits per heavy atom. The molecule has 8 heteroatoms. The van der Waals surface area contributed by atoms with Gasteiger partial charge in [-0.15, -0.1) is 0 Å². The summed E-state index contributed by atoms with van der Waals surface area (Å²) in [6.45, 7) is 0. The number of nitrogens with one attached hydrogen (secondary N) is 2. The summed E-state index contributed by atoms with van der Waals surface area (Å²) < 4.78 is 40.5. The van der Waals surface area contributed by atoms with Crippen LogP contribution in [0, 0.1) is 5.82 Å². The fourth-order valence-electron chi connectivity index (χ4n) is 1.86. The molecule has 0 spiro atoms. The molecular formula is C13H9BrFN3O2S. The largest absolute Gasteiger partial charge is 0.280 e. The number of hydrogen-bond acceptors (Lipinski definition) is 3. The molecule has 0 saturated heterocycles. The maximum absolute atomic E-state index is 13.5. The molecular weight excluding hydrogens is 361 g/mol. The minimum atomic E-state index is -3.85. The quantitative estimate of drug-likeness (QED) is 0.743. The summed E-state index contributed by atoms with van der Waals surface area (Å²) in [4.78, 5) is -0.143. The van der Waals surface area contributed by atoms with E-state index < -0.39 is 15.8 Å². The molecule has 5 nitrogen and oxygen atoms in total. The first-order chi connectivity index (χ1) is 9.95. The molecule has 3 aromatic rings. The summed E-state index contributed by atoms with van der Waals surface area (Å²) in [6.07, 6.45) is 1.59. The predicted octanol–water partition coefficient (Wildman–Crippen LogP) is 3.27. The topological polar surface area (TPSA) is 74.8 Å². The predicted molar refractivity (Wildman–Crippen MR) is 81.0 cm³/mol. The molecule has 0 saturated carbocycles. The average Bonchev–Trinajstić information content (AvgIpc) is 2.88. The first kappa shape index (κ1) is 14.0. The summed E-state index contributed by atoms with van der Waals surface area (Å²) in [7, 11) is -3.85. The van der Waals surface area contributed by atoms with Gasteiger partial charge in [-0.2, -0.15) is 5.10 Å². The van der Waals surface area contributed by atoms with Crippen molar-refractivity contribution in [3.8, 4) is 0 Å². The number of rotatable bonds is 3. The monoisotopic (exact) mass is 369 g/mol. The molecule has 2 N–H and O–H groups in total. The maximum atomic E-state index is 13.5. The van der Waals surface area contributed by atoms with E-state index in [2.05, 4.69) is 30.8 Å². The van der Waals surface area contributed by atoms with Gasteiger partial charge in [-0.25, -0.2) is 12.8 Å². The Hall–Kier alpha value is -1.93. The molecule has 0 unspecified atom stereocenters. The third-order valence-corrected chi connectivity index (χ3v) is 4.92. The van der Waals surface area contributed by atoms with Crippen molar-refractivity contribution >= 4 is 42.5 Å². The zero-order valence-electron chi connectivity index (χ0n) is 10.5. The summed E-state index contributed by atoms with van der Waals surface area (Å²) >= 11 is 2.98. The SMILES string of the molecule is O=S(=O)(Nc1ccc2[nH]ncc2c1)c1ccc(Br)c(F)c1. The van der Waals surface area contributed by atoms with E-state index in [1.807, 2.05) is 0 Å². The van der Waals surface area contributed by atoms with Crippen LogP contribution in [0.5, 0.6) is 0 Å². The Morgan fingerprint density at radius 3 is 2.76 bits per heavy atom. The molecule has 0 aliphatic carbocycles. The maximum Gasteiger partial charge on any atom is 0.261 e. The standard InChI is InChI=1S/C13H9BrFN3O2S/c14-11-3-2-10(6-12(11)15)21(19,20)18-9-1-4-13-8(5-9)7-16-17-13/h1-7,18H,(H,16,17). The van der Waals surface area contributed by atoms with Gasteiger partial charge in [0.25, 0.3) is 10.0 Å². The zero-order chi connectivity index (χ0) is 15.0. The number of aromatic amines is 1. The fourth-order valence-corrected chi connectivity index (χ4v) is 3.17. The highest BCUT2D eigenvalue weighted by Crippen LogP contribution is 2.23. The molecule has 1 heterocycles. The van der Waals surface area contributed by atoms with E-state index in [0.29, 0.717) is 5.69 Å². The molecule has 0 aliphatic rings. The highest BCUT2D eigenvalue weighted by Gasteiger charge is 2.16. The molecule has 0 bridgehead atoms. The molecule has 0 radical (unpaired) electrons. The van der Waals surface area contributed by atoms with Crippen molar-refractivity contribution in [1.29, 1.82) is 0 Å². The Kier molecular flexibility index (Phi) is 3.42. The van der Waals surface area contributed by atoms with Gasteiger partial charge in [-0.3, -0.25) is 9.82 Å². The van der Waals surface area contributed by atoms with E-state index in [4.69, 9.17) is 0 Å². The van der Waals surface area contributed by atoms with E-state index in [1.165, 1.54) is 12.1 Å². The molecule has 3 rings (SSSR count). The second-order valence-electron chi connectivity index (χ2n) is 4.35. The van der Waals surface area contributed by atoms with Crippen LogP contribution in [0.2, 0.25) is 0 Å². The molecule has 2 aromatic carbocycles. The van der Waals surface area contributed by atoms with Crippen LogP contribution in [0.25, 0.3) is 10.9 Å². The average molecular weight is 370 g/mol. The number of benzene rings is 2. The Balaban J connectivity index is 1.96. The van der Waals surface area contributed by atoms with Crippen molar-refractivity contribution in [3.05, 3.63) is 52.9 Å². The second-order valence-corrected chi connectivity index (χ2v) is 6.89. The van der Waals surface area contributed by atoms with Crippen molar-refractivity contribution in [2.75, 3.05) is 4.72 Å². The van der Waals surface area contributed by atoms with Gasteiger partial charge in [0.05, 0.1) is 21.1 Å². The van der Waals surface area contributed by atoms with E-state index in [0.717, 1.165) is 17.0 Å². The third kappa shape index (κ3) is 2.77. The van der Waals surface area contributed by atoms with Gasteiger partial charge in [0.1, 0.15) is 5.82 Å². The lowest BCUT2D eigenvalue weighted by molar-refractivity contribution is 0.593. The lowest BCUT2D eigenvalue weighted by Crippen LogP contribution is -2.13. The normalized spacial score (nSPS) is 11.7. The number of fused-ring (bicyclic) bond motifs is 1. The Bertz CT molecular complexity index is 924. The van der Waals surface area contributed by atoms with Gasteiger partial charge in [-0.1, -0.05) is 0 Å². The zero-order valence-corrected chi connectivity index (χ0v) is 12.9. The van der Waals surface area contributed by atoms with E-state index in [9.17, 15) is 12.8 Å². The summed E-state index contributed by atoms with van der Waals surface area (Å²) in [5.74, 6) is -0.636. The number of anilines is 1. The summed E-state index contributed by atoms with van der Waals surface area (Å²) in [6, 6.07) is 8.60. The van der Waals surface area contributed by atoms with E-state index in [-0.39, 0.29) is 9.37 Å². The molecule has 0 atom stereocenters. The lowest BCUT2D eigenvalue weighted by atomic mass is 10.2. The second kappa shape index (κ2) is 5.12. The van der Waals surface area contributed by atoms with Crippen LogP contribution in [0.4, 0.5) is 10.1 Å². The van der Waals surface area contributed by atoms with Gasteiger partial charge in [0, 0.05) is 11.1 Å². The highest BCUT2D eigenvalue weighted by molar-refractivity contribution is 9.10.